The van der Waals surface area contributed by atoms with Gasteiger partial charge in [0.1, 0.15) is 5.75 Å². The largest absolute Gasteiger partial charge is 0.494 e. The summed E-state index contributed by atoms with van der Waals surface area (Å²) in [7, 11) is 0. The summed E-state index contributed by atoms with van der Waals surface area (Å²) in [5.74, 6) is -0.141. The highest BCUT2D eigenvalue weighted by atomic mass is 16.5. The average molecular weight is 393 g/mol. The van der Waals surface area contributed by atoms with Gasteiger partial charge in [0.05, 0.1) is 12.1 Å². The summed E-state index contributed by atoms with van der Waals surface area (Å²) < 4.78 is 11.1. The molecule has 152 valence electrons. The van der Waals surface area contributed by atoms with E-state index < -0.39 is 12.1 Å². The molecule has 0 aliphatic rings. The van der Waals surface area contributed by atoms with Gasteiger partial charge in [-0.15, -0.1) is 0 Å². The number of hydrogen-bond donors (Lipinski definition) is 1. The van der Waals surface area contributed by atoms with E-state index in [4.69, 9.17) is 14.6 Å². The predicted molar refractivity (Wildman–Crippen MR) is 113 cm³/mol. The molecule has 0 fully saturated rings. The first-order chi connectivity index (χ1) is 14.2. The second kappa shape index (κ2) is 10.6. The van der Waals surface area contributed by atoms with Crippen molar-refractivity contribution < 1.29 is 19.4 Å². The van der Waals surface area contributed by atoms with Crippen LogP contribution in [0.2, 0.25) is 0 Å². The van der Waals surface area contributed by atoms with Crippen molar-refractivity contribution in [2.75, 3.05) is 13.2 Å². The number of aromatic nitrogens is 1. The summed E-state index contributed by atoms with van der Waals surface area (Å²) in [5, 5.41) is 10.3. The summed E-state index contributed by atoms with van der Waals surface area (Å²) in [6.45, 7) is 2.83. The first-order valence-electron chi connectivity index (χ1n) is 10.1. The van der Waals surface area contributed by atoms with Crippen molar-refractivity contribution in [3.63, 3.8) is 0 Å². The maximum Gasteiger partial charge on any atom is 0.333 e. The summed E-state index contributed by atoms with van der Waals surface area (Å²) in [4.78, 5) is 15.7. The number of fused-ring (bicyclic) bond motifs is 1. The maximum absolute atomic E-state index is 11.2. The van der Waals surface area contributed by atoms with Gasteiger partial charge in [0, 0.05) is 24.6 Å². The highest BCUT2D eigenvalue weighted by Crippen LogP contribution is 2.16. The van der Waals surface area contributed by atoms with Crippen LogP contribution in [0.15, 0.2) is 60.8 Å². The quantitative estimate of drug-likeness (QED) is 0.480. The molecule has 3 aromatic rings. The molecule has 0 aliphatic carbocycles. The number of hydrogen-bond acceptors (Lipinski definition) is 4. The molecule has 1 aromatic heterocycles. The SMILES string of the molecule is CCOC(Cc1ccc(OCCCCc2cnc3ccccc3c2)cc1)C(=O)O. The fraction of sp³-hybridized carbons (Fsp3) is 0.333. The van der Waals surface area contributed by atoms with Crippen LogP contribution in [0.25, 0.3) is 10.9 Å². The molecule has 3 rings (SSSR count). The van der Waals surface area contributed by atoms with Crippen molar-refractivity contribution in [2.24, 2.45) is 0 Å². The summed E-state index contributed by atoms with van der Waals surface area (Å²) in [5.41, 5.74) is 3.19. The normalized spacial score (nSPS) is 12.0. The van der Waals surface area contributed by atoms with E-state index in [1.165, 1.54) is 10.9 Å². The molecular weight excluding hydrogens is 366 g/mol. The van der Waals surface area contributed by atoms with Gasteiger partial charge in [-0.3, -0.25) is 4.98 Å². The van der Waals surface area contributed by atoms with Crippen LogP contribution in [0.5, 0.6) is 5.75 Å². The number of carboxylic acid groups (broad SMARTS) is 1. The second-order valence-corrected chi connectivity index (χ2v) is 6.97. The van der Waals surface area contributed by atoms with Gasteiger partial charge < -0.3 is 14.6 Å². The minimum Gasteiger partial charge on any atom is -0.494 e. The van der Waals surface area contributed by atoms with E-state index in [0.29, 0.717) is 19.6 Å². The van der Waals surface area contributed by atoms with Crippen LogP contribution in [-0.2, 0) is 22.4 Å². The van der Waals surface area contributed by atoms with E-state index in [9.17, 15) is 4.79 Å². The standard InChI is InChI=1S/C24H27NO4/c1-2-28-23(24(26)27)16-18-10-12-21(13-11-18)29-14-6-5-7-19-15-20-8-3-4-9-22(20)25-17-19/h3-4,8-13,15,17,23H,2,5-7,14,16H2,1H3,(H,26,27). The molecule has 1 unspecified atom stereocenters. The lowest BCUT2D eigenvalue weighted by Gasteiger charge is -2.13. The molecule has 2 aromatic carbocycles. The van der Waals surface area contributed by atoms with Gasteiger partial charge in [0.25, 0.3) is 0 Å². The molecule has 0 amide bonds. The molecule has 1 heterocycles. The highest BCUT2D eigenvalue weighted by molar-refractivity contribution is 5.78. The molecule has 0 radical (unpaired) electrons. The molecule has 1 N–H and O–H groups in total. The number of para-hydroxylation sites is 1. The van der Waals surface area contributed by atoms with Crippen LogP contribution >= 0.6 is 0 Å². The van der Waals surface area contributed by atoms with Gasteiger partial charge in [0.2, 0.25) is 0 Å². The molecule has 1 atom stereocenters. The van der Waals surface area contributed by atoms with Gasteiger partial charge in [0.15, 0.2) is 6.10 Å². The first kappa shape index (κ1) is 20.8. The van der Waals surface area contributed by atoms with Crippen LogP contribution in [0.1, 0.15) is 30.9 Å². The average Bonchev–Trinajstić information content (AvgIpc) is 2.74. The fourth-order valence-corrected chi connectivity index (χ4v) is 3.23. The summed E-state index contributed by atoms with van der Waals surface area (Å²) >= 11 is 0. The number of rotatable bonds is 11. The minimum atomic E-state index is -0.936. The van der Waals surface area contributed by atoms with Crippen molar-refractivity contribution in [2.45, 2.75) is 38.7 Å². The van der Waals surface area contributed by atoms with E-state index in [1.54, 1.807) is 6.92 Å². The number of aliphatic carboxylic acids is 1. The van der Waals surface area contributed by atoms with Crippen LogP contribution in [0, 0.1) is 0 Å². The Morgan fingerprint density at radius 2 is 1.86 bits per heavy atom. The Morgan fingerprint density at radius 3 is 2.62 bits per heavy atom. The predicted octanol–water partition coefficient (Wildman–Crippen LogP) is 4.67. The van der Waals surface area contributed by atoms with Gasteiger partial charge in [-0.2, -0.15) is 0 Å². The minimum absolute atomic E-state index is 0.350. The van der Waals surface area contributed by atoms with Crippen LogP contribution in [-0.4, -0.2) is 35.4 Å². The Morgan fingerprint density at radius 1 is 1.07 bits per heavy atom. The van der Waals surface area contributed by atoms with E-state index in [0.717, 1.165) is 36.1 Å². The zero-order valence-electron chi connectivity index (χ0n) is 16.7. The second-order valence-electron chi connectivity index (χ2n) is 6.97. The first-order valence-corrected chi connectivity index (χ1v) is 10.1. The van der Waals surface area contributed by atoms with Crippen LogP contribution in [0.4, 0.5) is 0 Å². The van der Waals surface area contributed by atoms with Crippen molar-refractivity contribution >= 4 is 16.9 Å². The Balaban J connectivity index is 1.40. The molecule has 0 bridgehead atoms. The number of benzene rings is 2. The number of carboxylic acids is 1. The van der Waals surface area contributed by atoms with Gasteiger partial charge in [-0.1, -0.05) is 30.3 Å². The van der Waals surface area contributed by atoms with Crippen LogP contribution in [0.3, 0.4) is 0 Å². The van der Waals surface area contributed by atoms with Crippen molar-refractivity contribution in [3.05, 3.63) is 71.9 Å². The van der Waals surface area contributed by atoms with Gasteiger partial charge in [-0.25, -0.2) is 4.79 Å². The Hall–Kier alpha value is -2.92. The number of ether oxygens (including phenoxy) is 2. The highest BCUT2D eigenvalue weighted by Gasteiger charge is 2.17. The zero-order chi connectivity index (χ0) is 20.5. The third-order valence-corrected chi connectivity index (χ3v) is 4.76. The third kappa shape index (κ3) is 6.29. The number of pyridine rings is 1. The number of nitrogens with zero attached hydrogens (tertiary/aromatic N) is 1. The Bertz CT molecular complexity index is 924. The lowest BCUT2D eigenvalue weighted by molar-refractivity contribution is -0.149. The molecule has 0 saturated carbocycles. The van der Waals surface area contributed by atoms with E-state index in [1.807, 2.05) is 48.7 Å². The smallest absolute Gasteiger partial charge is 0.333 e. The Labute approximate surface area is 171 Å². The maximum atomic E-state index is 11.2. The Kier molecular flexibility index (Phi) is 7.59. The topological polar surface area (TPSA) is 68.7 Å². The number of carbonyl (C=O) groups is 1. The molecule has 5 nitrogen and oxygen atoms in total. The molecular formula is C24H27NO4. The molecule has 5 heteroatoms. The molecule has 0 aliphatic heterocycles. The van der Waals surface area contributed by atoms with E-state index >= 15 is 0 Å². The van der Waals surface area contributed by atoms with Crippen LogP contribution < -0.4 is 4.74 Å². The van der Waals surface area contributed by atoms with E-state index in [-0.39, 0.29) is 0 Å². The third-order valence-electron chi connectivity index (χ3n) is 4.76. The summed E-state index contributed by atoms with van der Waals surface area (Å²) in [6, 6.07) is 17.9. The number of aryl methyl sites for hydroxylation is 1. The summed E-state index contributed by atoms with van der Waals surface area (Å²) in [6.07, 6.45) is 4.47. The zero-order valence-corrected chi connectivity index (χ0v) is 16.7. The molecule has 29 heavy (non-hydrogen) atoms. The lowest BCUT2D eigenvalue weighted by atomic mass is 10.1. The van der Waals surface area contributed by atoms with Crippen molar-refractivity contribution in [1.29, 1.82) is 0 Å². The lowest BCUT2D eigenvalue weighted by Crippen LogP contribution is -2.26. The fourth-order valence-electron chi connectivity index (χ4n) is 3.23. The van der Waals surface area contributed by atoms with E-state index in [2.05, 4.69) is 17.1 Å². The number of unbranched alkanes of at least 4 members (excludes halogenated alkanes) is 1. The van der Waals surface area contributed by atoms with Crippen molar-refractivity contribution in [3.8, 4) is 5.75 Å². The van der Waals surface area contributed by atoms with Crippen molar-refractivity contribution in [1.82, 2.24) is 4.98 Å². The van der Waals surface area contributed by atoms with Gasteiger partial charge in [-0.05, 0) is 61.6 Å². The monoisotopic (exact) mass is 393 g/mol. The van der Waals surface area contributed by atoms with Gasteiger partial charge >= 0.3 is 5.97 Å². The molecule has 0 saturated heterocycles. The molecule has 0 spiro atoms.